The van der Waals surface area contributed by atoms with E-state index in [1.807, 2.05) is 12.1 Å². The second-order valence-electron chi connectivity index (χ2n) is 5.85. The second-order valence-corrected chi connectivity index (χ2v) is 5.85. The average Bonchev–Trinajstić information content (AvgIpc) is 2.89. The Balaban J connectivity index is 1.57. The number of anilines is 1. The van der Waals surface area contributed by atoms with E-state index in [1.165, 1.54) is 17.8 Å². The molecule has 1 N–H and O–H groups in total. The van der Waals surface area contributed by atoms with Crippen LogP contribution in [-0.4, -0.2) is 41.0 Å². The summed E-state index contributed by atoms with van der Waals surface area (Å²) in [4.78, 5) is 12.7. The molecule has 0 atom stereocenters. The van der Waals surface area contributed by atoms with Crippen molar-refractivity contribution in [2.45, 2.75) is 26.8 Å². The van der Waals surface area contributed by atoms with Crippen molar-refractivity contribution in [3.05, 3.63) is 47.3 Å². The maximum absolute atomic E-state index is 13.0. The van der Waals surface area contributed by atoms with Gasteiger partial charge in [-0.3, -0.25) is 4.90 Å². The van der Waals surface area contributed by atoms with Gasteiger partial charge in [-0.05, 0) is 31.2 Å². The van der Waals surface area contributed by atoms with E-state index in [2.05, 4.69) is 33.6 Å². The molecule has 0 radical (unpaired) electrons. The smallest absolute Gasteiger partial charge is 0.123 e. The Labute approximate surface area is 131 Å². The number of aryl methyl sites for hydroxylation is 2. The molecule has 118 valence electrons. The molecule has 4 nitrogen and oxygen atoms in total. The minimum absolute atomic E-state index is 0.178. The lowest BCUT2D eigenvalue weighted by molar-refractivity contribution is 0.247. The minimum atomic E-state index is -0.178. The number of H-pyrrole nitrogens is 1. The Morgan fingerprint density at radius 1 is 1.14 bits per heavy atom. The topological polar surface area (TPSA) is 35.2 Å². The summed E-state index contributed by atoms with van der Waals surface area (Å²) in [5, 5.41) is 0. The van der Waals surface area contributed by atoms with Gasteiger partial charge in [-0.1, -0.05) is 6.92 Å². The van der Waals surface area contributed by atoms with E-state index in [0.717, 1.165) is 56.4 Å². The molecule has 0 aliphatic carbocycles. The molecule has 1 aromatic heterocycles. The third-order valence-electron chi connectivity index (χ3n) is 4.31. The molecule has 0 unspecified atom stereocenters. The molecular formula is C17H23FN4. The first-order chi connectivity index (χ1) is 10.7. The summed E-state index contributed by atoms with van der Waals surface area (Å²) in [5.41, 5.74) is 3.44. The first kappa shape index (κ1) is 15.0. The highest BCUT2D eigenvalue weighted by Gasteiger charge is 2.19. The second kappa shape index (κ2) is 6.48. The lowest BCUT2D eigenvalue weighted by atomic mass is 10.2. The van der Waals surface area contributed by atoms with Gasteiger partial charge in [0.15, 0.2) is 0 Å². The molecule has 0 saturated carbocycles. The first-order valence-corrected chi connectivity index (χ1v) is 7.93. The van der Waals surface area contributed by atoms with Crippen LogP contribution in [0.1, 0.15) is 24.1 Å². The molecule has 3 rings (SSSR count). The van der Waals surface area contributed by atoms with E-state index >= 15 is 0 Å². The predicted octanol–water partition coefficient (Wildman–Crippen LogP) is 2.74. The molecule has 1 aliphatic rings. The third-order valence-corrected chi connectivity index (χ3v) is 4.31. The van der Waals surface area contributed by atoms with Crippen LogP contribution in [0.4, 0.5) is 10.1 Å². The summed E-state index contributed by atoms with van der Waals surface area (Å²) in [7, 11) is 0. The van der Waals surface area contributed by atoms with E-state index in [-0.39, 0.29) is 5.82 Å². The van der Waals surface area contributed by atoms with Gasteiger partial charge in [0, 0.05) is 50.5 Å². The number of aromatic nitrogens is 2. The fourth-order valence-electron chi connectivity index (χ4n) is 2.91. The zero-order chi connectivity index (χ0) is 15.5. The number of nitrogens with zero attached hydrogens (tertiary/aromatic N) is 3. The monoisotopic (exact) mass is 302 g/mol. The molecule has 0 amide bonds. The number of benzene rings is 1. The summed E-state index contributed by atoms with van der Waals surface area (Å²) < 4.78 is 13.0. The van der Waals surface area contributed by atoms with Crippen molar-refractivity contribution in [2.24, 2.45) is 0 Å². The van der Waals surface area contributed by atoms with Crippen LogP contribution in [0, 0.1) is 12.7 Å². The fourth-order valence-corrected chi connectivity index (χ4v) is 2.91. The van der Waals surface area contributed by atoms with Crippen molar-refractivity contribution in [1.29, 1.82) is 0 Å². The summed E-state index contributed by atoms with van der Waals surface area (Å²) in [6.07, 6.45) is 0.944. The van der Waals surface area contributed by atoms with E-state index in [9.17, 15) is 4.39 Å². The molecule has 1 saturated heterocycles. The van der Waals surface area contributed by atoms with Gasteiger partial charge in [0.2, 0.25) is 0 Å². The lowest BCUT2D eigenvalue weighted by Crippen LogP contribution is -2.46. The number of hydrogen-bond donors (Lipinski definition) is 1. The van der Waals surface area contributed by atoms with Gasteiger partial charge in [0.25, 0.3) is 0 Å². The molecule has 0 bridgehead atoms. The zero-order valence-electron chi connectivity index (χ0n) is 13.3. The number of halogens is 1. The van der Waals surface area contributed by atoms with Crippen molar-refractivity contribution in [3.63, 3.8) is 0 Å². The number of piperazine rings is 1. The van der Waals surface area contributed by atoms with E-state index < -0.39 is 0 Å². The van der Waals surface area contributed by atoms with Gasteiger partial charge in [-0.2, -0.15) is 0 Å². The Kier molecular flexibility index (Phi) is 4.43. The molecule has 1 aliphatic heterocycles. The van der Waals surface area contributed by atoms with Crippen LogP contribution in [0.15, 0.2) is 24.3 Å². The van der Waals surface area contributed by atoms with E-state index in [1.54, 1.807) is 0 Å². The van der Waals surface area contributed by atoms with Crippen molar-refractivity contribution < 1.29 is 4.39 Å². The number of hydrogen-bond acceptors (Lipinski definition) is 3. The van der Waals surface area contributed by atoms with Crippen molar-refractivity contribution in [3.8, 4) is 0 Å². The Bertz CT molecular complexity index is 612. The van der Waals surface area contributed by atoms with Crippen LogP contribution >= 0.6 is 0 Å². The molecular weight excluding hydrogens is 279 g/mol. The highest BCUT2D eigenvalue weighted by atomic mass is 19.1. The maximum Gasteiger partial charge on any atom is 0.123 e. The molecule has 5 heteroatoms. The number of nitrogens with one attached hydrogen (secondary N) is 1. The van der Waals surface area contributed by atoms with Gasteiger partial charge in [-0.15, -0.1) is 0 Å². The SMILES string of the molecule is CCc1nc(CN2CCN(c3ccc(F)cc3)CC2)c(C)[nH]1. The number of rotatable bonds is 4. The molecule has 2 heterocycles. The van der Waals surface area contributed by atoms with Gasteiger partial charge in [0.1, 0.15) is 11.6 Å². The standard InChI is InChI=1S/C17H23FN4/c1-3-17-19-13(2)16(20-17)12-21-8-10-22(11-9-21)15-6-4-14(18)5-7-15/h4-7H,3,8-12H2,1-2H3,(H,19,20). The zero-order valence-corrected chi connectivity index (χ0v) is 13.3. The van der Waals surface area contributed by atoms with E-state index in [0.29, 0.717) is 0 Å². The average molecular weight is 302 g/mol. The Morgan fingerprint density at radius 2 is 1.82 bits per heavy atom. The first-order valence-electron chi connectivity index (χ1n) is 7.93. The Morgan fingerprint density at radius 3 is 2.41 bits per heavy atom. The van der Waals surface area contributed by atoms with Gasteiger partial charge >= 0.3 is 0 Å². The molecule has 22 heavy (non-hydrogen) atoms. The quantitative estimate of drug-likeness (QED) is 0.943. The summed E-state index contributed by atoms with van der Waals surface area (Å²) in [5.74, 6) is 0.889. The highest BCUT2D eigenvalue weighted by molar-refractivity contribution is 5.46. The molecule has 1 fully saturated rings. The van der Waals surface area contributed by atoms with Gasteiger partial charge in [-0.25, -0.2) is 9.37 Å². The van der Waals surface area contributed by atoms with Crippen LogP contribution in [0.25, 0.3) is 0 Å². The fraction of sp³-hybridized carbons (Fsp3) is 0.471. The minimum Gasteiger partial charge on any atom is -0.369 e. The number of imidazole rings is 1. The van der Waals surface area contributed by atoms with Crippen molar-refractivity contribution in [2.75, 3.05) is 31.1 Å². The Hall–Kier alpha value is -1.88. The highest BCUT2D eigenvalue weighted by Crippen LogP contribution is 2.18. The predicted molar refractivity (Wildman–Crippen MR) is 86.6 cm³/mol. The third kappa shape index (κ3) is 3.30. The van der Waals surface area contributed by atoms with Crippen LogP contribution in [0.2, 0.25) is 0 Å². The van der Waals surface area contributed by atoms with Crippen molar-refractivity contribution in [1.82, 2.24) is 14.9 Å². The summed E-state index contributed by atoms with van der Waals surface area (Å²) >= 11 is 0. The van der Waals surface area contributed by atoms with Crippen LogP contribution in [0.5, 0.6) is 0 Å². The summed E-state index contributed by atoms with van der Waals surface area (Å²) in [6.45, 7) is 9.06. The van der Waals surface area contributed by atoms with Gasteiger partial charge < -0.3 is 9.88 Å². The molecule has 1 aromatic carbocycles. The largest absolute Gasteiger partial charge is 0.369 e. The summed E-state index contributed by atoms with van der Waals surface area (Å²) in [6, 6.07) is 6.77. The maximum atomic E-state index is 13.0. The molecule has 0 spiro atoms. The van der Waals surface area contributed by atoms with Crippen LogP contribution in [-0.2, 0) is 13.0 Å². The lowest BCUT2D eigenvalue weighted by Gasteiger charge is -2.35. The number of aromatic amines is 1. The normalized spacial score (nSPS) is 16.2. The molecule has 2 aromatic rings. The van der Waals surface area contributed by atoms with Crippen molar-refractivity contribution >= 4 is 5.69 Å². The van der Waals surface area contributed by atoms with Crippen LogP contribution < -0.4 is 4.90 Å². The van der Waals surface area contributed by atoms with Gasteiger partial charge in [0.05, 0.1) is 5.69 Å². The van der Waals surface area contributed by atoms with E-state index in [4.69, 9.17) is 0 Å². The van der Waals surface area contributed by atoms with Crippen LogP contribution in [0.3, 0.4) is 0 Å².